The van der Waals surface area contributed by atoms with Crippen molar-refractivity contribution in [2.45, 2.75) is 19.4 Å². The third-order valence-corrected chi connectivity index (χ3v) is 1.66. The van der Waals surface area contributed by atoms with E-state index in [9.17, 15) is 4.79 Å². The maximum atomic E-state index is 10.2. The Labute approximate surface area is 75.9 Å². The van der Waals surface area contributed by atoms with Gasteiger partial charge in [-0.15, -0.1) is 0 Å². The fraction of sp³-hybridized carbons (Fsp3) is 0.333. The summed E-state index contributed by atoms with van der Waals surface area (Å²) >= 11 is 0. The van der Waals surface area contributed by atoms with Crippen LogP contribution in [0.1, 0.15) is 17.7 Å². The summed E-state index contributed by atoms with van der Waals surface area (Å²) in [5, 5.41) is 17.1. The van der Waals surface area contributed by atoms with Crippen molar-refractivity contribution in [1.29, 1.82) is 0 Å². The second-order valence-corrected chi connectivity index (χ2v) is 2.71. The second-order valence-electron chi connectivity index (χ2n) is 2.71. The number of aliphatic hydroxyl groups is 1. The summed E-state index contributed by atoms with van der Waals surface area (Å²) in [6, 6.07) is 3.47. The van der Waals surface area contributed by atoms with Gasteiger partial charge in [0.2, 0.25) is 0 Å². The van der Waals surface area contributed by atoms with Gasteiger partial charge < -0.3 is 10.2 Å². The average molecular weight is 181 g/mol. The van der Waals surface area contributed by atoms with Crippen LogP contribution in [0.5, 0.6) is 0 Å². The lowest BCUT2D eigenvalue weighted by Gasteiger charge is -1.98. The smallest absolute Gasteiger partial charge is 0.303 e. The molecule has 0 aliphatic heterocycles. The van der Waals surface area contributed by atoms with Gasteiger partial charge in [0.15, 0.2) is 0 Å². The first-order chi connectivity index (χ1) is 6.22. The summed E-state index contributed by atoms with van der Waals surface area (Å²) in [6.45, 7) is -0.0355. The summed E-state index contributed by atoms with van der Waals surface area (Å²) in [6.07, 6.45) is 2.07. The van der Waals surface area contributed by atoms with E-state index in [1.165, 1.54) is 0 Å². The first kappa shape index (κ1) is 9.67. The summed E-state index contributed by atoms with van der Waals surface area (Å²) in [5.41, 5.74) is 1.47. The molecule has 0 aromatic carbocycles. The van der Waals surface area contributed by atoms with Gasteiger partial charge in [-0.2, -0.15) is 0 Å². The highest BCUT2D eigenvalue weighted by molar-refractivity contribution is 5.66. The largest absolute Gasteiger partial charge is 0.481 e. The van der Waals surface area contributed by atoms with E-state index in [1.807, 2.05) is 0 Å². The molecule has 2 N–H and O–H groups in total. The number of pyridine rings is 1. The van der Waals surface area contributed by atoms with Gasteiger partial charge in [-0.1, -0.05) is 6.07 Å². The van der Waals surface area contributed by atoms with Crippen LogP contribution in [0, 0.1) is 0 Å². The molecule has 70 valence electrons. The van der Waals surface area contributed by atoms with E-state index < -0.39 is 5.97 Å². The van der Waals surface area contributed by atoms with Crippen molar-refractivity contribution >= 4 is 5.97 Å². The first-order valence-electron chi connectivity index (χ1n) is 3.99. The molecule has 0 atom stereocenters. The lowest BCUT2D eigenvalue weighted by Crippen LogP contribution is -1.99. The zero-order valence-corrected chi connectivity index (χ0v) is 7.10. The molecule has 4 heteroatoms. The van der Waals surface area contributed by atoms with Crippen LogP contribution < -0.4 is 0 Å². The van der Waals surface area contributed by atoms with E-state index in [1.54, 1.807) is 18.3 Å². The van der Waals surface area contributed by atoms with Crippen LogP contribution >= 0.6 is 0 Å². The maximum absolute atomic E-state index is 10.2. The number of hydrogen-bond donors (Lipinski definition) is 2. The SMILES string of the molecule is O=C(O)CCc1ccc(CO)cn1. The van der Waals surface area contributed by atoms with Gasteiger partial charge in [0.1, 0.15) is 0 Å². The van der Waals surface area contributed by atoms with Crippen molar-refractivity contribution in [3.63, 3.8) is 0 Å². The van der Waals surface area contributed by atoms with Crippen LogP contribution in [-0.2, 0) is 17.8 Å². The number of aryl methyl sites for hydroxylation is 1. The highest BCUT2D eigenvalue weighted by atomic mass is 16.4. The number of nitrogens with zero attached hydrogens (tertiary/aromatic N) is 1. The quantitative estimate of drug-likeness (QED) is 0.713. The monoisotopic (exact) mass is 181 g/mol. The Bertz CT molecular complexity index is 281. The third kappa shape index (κ3) is 3.21. The van der Waals surface area contributed by atoms with E-state index in [-0.39, 0.29) is 13.0 Å². The molecule has 1 aromatic rings. The van der Waals surface area contributed by atoms with Crippen LogP contribution in [0.25, 0.3) is 0 Å². The summed E-state index contributed by atoms with van der Waals surface area (Å²) in [5.74, 6) is -0.826. The van der Waals surface area contributed by atoms with Crippen molar-refractivity contribution in [3.8, 4) is 0 Å². The lowest BCUT2D eigenvalue weighted by molar-refractivity contribution is -0.136. The lowest BCUT2D eigenvalue weighted by atomic mass is 10.2. The molecule has 0 unspecified atom stereocenters. The van der Waals surface area contributed by atoms with Crippen LogP contribution in [0.4, 0.5) is 0 Å². The highest BCUT2D eigenvalue weighted by Crippen LogP contribution is 2.02. The maximum Gasteiger partial charge on any atom is 0.303 e. The Balaban J connectivity index is 2.54. The van der Waals surface area contributed by atoms with Crippen LogP contribution in [0.15, 0.2) is 18.3 Å². The predicted octanol–water partition coefficient (Wildman–Crippen LogP) is 0.591. The summed E-state index contributed by atoms with van der Waals surface area (Å²) in [7, 11) is 0. The molecule has 1 heterocycles. The van der Waals surface area contributed by atoms with Gasteiger partial charge >= 0.3 is 5.97 Å². The Kier molecular flexibility index (Phi) is 3.40. The molecule has 4 nitrogen and oxygen atoms in total. The Morgan fingerprint density at radius 1 is 1.46 bits per heavy atom. The fourth-order valence-electron chi connectivity index (χ4n) is 0.932. The molecule has 0 fully saturated rings. The number of carboxylic acids is 1. The highest BCUT2D eigenvalue weighted by Gasteiger charge is 1.99. The zero-order valence-electron chi connectivity index (χ0n) is 7.10. The van der Waals surface area contributed by atoms with Crippen molar-refractivity contribution in [1.82, 2.24) is 4.98 Å². The molecule has 1 rings (SSSR count). The number of aromatic nitrogens is 1. The molecule has 0 saturated heterocycles. The number of aliphatic hydroxyl groups excluding tert-OH is 1. The Morgan fingerprint density at radius 3 is 2.69 bits per heavy atom. The molecular formula is C9H11NO3. The molecule has 0 radical (unpaired) electrons. The van der Waals surface area contributed by atoms with Gasteiger partial charge in [0, 0.05) is 18.3 Å². The van der Waals surface area contributed by atoms with Gasteiger partial charge in [-0.05, 0) is 11.6 Å². The van der Waals surface area contributed by atoms with Crippen LogP contribution in [-0.4, -0.2) is 21.2 Å². The standard InChI is InChI=1S/C9H11NO3/c11-6-7-1-2-8(10-5-7)3-4-9(12)13/h1-2,5,11H,3-4,6H2,(H,12,13). The van der Waals surface area contributed by atoms with E-state index in [0.29, 0.717) is 6.42 Å². The second kappa shape index (κ2) is 4.57. The molecule has 13 heavy (non-hydrogen) atoms. The van der Waals surface area contributed by atoms with Crippen molar-refractivity contribution in [3.05, 3.63) is 29.6 Å². The van der Waals surface area contributed by atoms with Crippen LogP contribution in [0.2, 0.25) is 0 Å². The van der Waals surface area contributed by atoms with E-state index in [0.717, 1.165) is 11.3 Å². The first-order valence-corrected chi connectivity index (χ1v) is 3.99. The number of hydrogen-bond acceptors (Lipinski definition) is 3. The molecular weight excluding hydrogens is 170 g/mol. The predicted molar refractivity (Wildman–Crippen MR) is 46.1 cm³/mol. The van der Waals surface area contributed by atoms with E-state index in [2.05, 4.69) is 4.98 Å². The van der Waals surface area contributed by atoms with Gasteiger partial charge in [-0.3, -0.25) is 9.78 Å². The number of carbonyl (C=O) groups is 1. The minimum atomic E-state index is -0.826. The van der Waals surface area contributed by atoms with Crippen LogP contribution in [0.3, 0.4) is 0 Å². The Hall–Kier alpha value is -1.42. The molecule has 0 aliphatic rings. The fourth-order valence-corrected chi connectivity index (χ4v) is 0.932. The molecule has 0 bridgehead atoms. The minimum absolute atomic E-state index is 0.0355. The summed E-state index contributed by atoms with van der Waals surface area (Å²) in [4.78, 5) is 14.2. The number of rotatable bonds is 4. The zero-order chi connectivity index (χ0) is 9.68. The Morgan fingerprint density at radius 2 is 2.23 bits per heavy atom. The topological polar surface area (TPSA) is 70.4 Å². The minimum Gasteiger partial charge on any atom is -0.481 e. The molecule has 0 aliphatic carbocycles. The molecule has 0 saturated carbocycles. The van der Waals surface area contributed by atoms with Gasteiger partial charge in [0.05, 0.1) is 13.0 Å². The summed E-state index contributed by atoms with van der Waals surface area (Å²) < 4.78 is 0. The molecule has 1 aromatic heterocycles. The average Bonchev–Trinajstić information content (AvgIpc) is 2.15. The van der Waals surface area contributed by atoms with Crippen molar-refractivity contribution in [2.75, 3.05) is 0 Å². The van der Waals surface area contributed by atoms with Gasteiger partial charge in [0.25, 0.3) is 0 Å². The van der Waals surface area contributed by atoms with E-state index >= 15 is 0 Å². The molecule has 0 spiro atoms. The normalized spacial score (nSPS) is 9.92. The molecule has 0 amide bonds. The number of carboxylic acid groups (broad SMARTS) is 1. The van der Waals surface area contributed by atoms with E-state index in [4.69, 9.17) is 10.2 Å². The van der Waals surface area contributed by atoms with Crippen molar-refractivity contribution in [2.24, 2.45) is 0 Å². The van der Waals surface area contributed by atoms with Gasteiger partial charge in [-0.25, -0.2) is 0 Å². The third-order valence-electron chi connectivity index (χ3n) is 1.66. The number of aliphatic carboxylic acids is 1. The van der Waals surface area contributed by atoms with Crippen molar-refractivity contribution < 1.29 is 15.0 Å².